The molecular weight excluding hydrogens is 458 g/mol. The van der Waals surface area contributed by atoms with E-state index >= 15 is 0 Å². The van der Waals surface area contributed by atoms with E-state index in [1.54, 1.807) is 0 Å². The number of benzene rings is 3. The highest BCUT2D eigenvalue weighted by molar-refractivity contribution is 7.14. The second kappa shape index (κ2) is 9.00. The molecule has 5 aromatic rings. The first-order chi connectivity index (χ1) is 17.2. The van der Waals surface area contributed by atoms with Gasteiger partial charge in [0.2, 0.25) is 5.91 Å². The SMILES string of the molecule is O=C(Nc1nc(-c2cc3ccccc3o2)cs1)C1CCN(C(=O)c2cccc3ccccc23)CC1. The number of para-hydroxylation sites is 1. The molecule has 174 valence electrons. The number of hydrogen-bond donors (Lipinski definition) is 1. The smallest absolute Gasteiger partial charge is 0.254 e. The summed E-state index contributed by atoms with van der Waals surface area (Å²) in [6, 6.07) is 23.5. The second-order valence-corrected chi connectivity index (χ2v) is 9.63. The van der Waals surface area contributed by atoms with Crippen LogP contribution in [-0.2, 0) is 4.79 Å². The summed E-state index contributed by atoms with van der Waals surface area (Å²) in [5, 5.41) is 8.44. The molecule has 6 rings (SSSR count). The Bertz CT molecular complexity index is 1510. The molecule has 1 fully saturated rings. The van der Waals surface area contributed by atoms with Crippen LogP contribution in [-0.4, -0.2) is 34.8 Å². The summed E-state index contributed by atoms with van der Waals surface area (Å²) in [4.78, 5) is 32.5. The molecule has 3 aromatic carbocycles. The lowest BCUT2D eigenvalue weighted by molar-refractivity contribution is -0.121. The number of amides is 2. The number of furan rings is 1. The third-order valence-electron chi connectivity index (χ3n) is 6.59. The Kier molecular flexibility index (Phi) is 5.54. The Morgan fingerprint density at radius 2 is 1.69 bits per heavy atom. The molecule has 0 atom stereocenters. The van der Waals surface area contributed by atoms with Crippen molar-refractivity contribution in [1.29, 1.82) is 0 Å². The molecule has 0 bridgehead atoms. The van der Waals surface area contributed by atoms with Crippen molar-refractivity contribution in [2.45, 2.75) is 12.8 Å². The molecule has 1 aliphatic rings. The maximum Gasteiger partial charge on any atom is 0.254 e. The fourth-order valence-electron chi connectivity index (χ4n) is 4.69. The van der Waals surface area contributed by atoms with Gasteiger partial charge < -0.3 is 14.6 Å². The summed E-state index contributed by atoms with van der Waals surface area (Å²) in [6.07, 6.45) is 1.26. The summed E-state index contributed by atoms with van der Waals surface area (Å²) >= 11 is 1.38. The number of fused-ring (bicyclic) bond motifs is 2. The number of anilines is 1. The van der Waals surface area contributed by atoms with E-state index in [1.165, 1.54) is 11.3 Å². The van der Waals surface area contributed by atoms with Gasteiger partial charge in [-0.2, -0.15) is 0 Å². The summed E-state index contributed by atoms with van der Waals surface area (Å²) in [5.74, 6) is 0.511. The molecule has 7 heteroatoms. The summed E-state index contributed by atoms with van der Waals surface area (Å²) in [7, 11) is 0. The second-order valence-electron chi connectivity index (χ2n) is 8.77. The van der Waals surface area contributed by atoms with Crippen molar-refractivity contribution in [3.8, 4) is 11.5 Å². The van der Waals surface area contributed by atoms with E-state index in [1.807, 2.05) is 83.1 Å². The van der Waals surface area contributed by atoms with E-state index < -0.39 is 0 Å². The van der Waals surface area contributed by atoms with Gasteiger partial charge in [0.15, 0.2) is 10.9 Å². The van der Waals surface area contributed by atoms with E-state index in [0.29, 0.717) is 48.1 Å². The number of carbonyl (C=O) groups is 2. The minimum Gasteiger partial charge on any atom is -0.454 e. The predicted molar refractivity (Wildman–Crippen MR) is 139 cm³/mol. The summed E-state index contributed by atoms with van der Waals surface area (Å²) in [6.45, 7) is 1.12. The number of thiazole rings is 1. The molecular formula is C28H23N3O3S. The molecule has 2 aromatic heterocycles. The average molecular weight is 482 g/mol. The van der Waals surface area contributed by atoms with Crippen LogP contribution >= 0.6 is 11.3 Å². The Balaban J connectivity index is 1.09. The molecule has 2 amide bonds. The molecule has 0 unspecified atom stereocenters. The van der Waals surface area contributed by atoms with Crippen LogP contribution in [0.25, 0.3) is 33.2 Å². The van der Waals surface area contributed by atoms with Crippen molar-refractivity contribution in [2.24, 2.45) is 5.92 Å². The Labute approximate surface area is 206 Å². The van der Waals surface area contributed by atoms with Crippen molar-refractivity contribution >= 4 is 50.0 Å². The normalized spacial score (nSPS) is 14.5. The zero-order valence-corrected chi connectivity index (χ0v) is 19.8. The summed E-state index contributed by atoms with van der Waals surface area (Å²) in [5.41, 5.74) is 2.23. The van der Waals surface area contributed by atoms with E-state index in [2.05, 4.69) is 10.3 Å². The number of rotatable bonds is 4. The number of nitrogens with one attached hydrogen (secondary N) is 1. The van der Waals surface area contributed by atoms with E-state index in [-0.39, 0.29) is 17.7 Å². The van der Waals surface area contributed by atoms with Gasteiger partial charge in [-0.05, 0) is 41.8 Å². The molecule has 0 radical (unpaired) electrons. The first kappa shape index (κ1) is 21.6. The fraction of sp³-hybridized carbons (Fsp3) is 0.179. The van der Waals surface area contributed by atoms with Crippen LogP contribution in [0.2, 0.25) is 0 Å². The molecule has 0 spiro atoms. The van der Waals surface area contributed by atoms with Gasteiger partial charge in [0.25, 0.3) is 5.91 Å². The lowest BCUT2D eigenvalue weighted by Gasteiger charge is -2.31. The Hall–Kier alpha value is -3.97. The van der Waals surface area contributed by atoms with Crippen LogP contribution in [0.4, 0.5) is 5.13 Å². The highest BCUT2D eigenvalue weighted by atomic mass is 32.1. The van der Waals surface area contributed by atoms with E-state index in [0.717, 1.165) is 21.7 Å². The molecule has 3 heterocycles. The first-order valence-corrected chi connectivity index (χ1v) is 12.6. The fourth-order valence-corrected chi connectivity index (χ4v) is 5.39. The molecule has 0 saturated carbocycles. The van der Waals surface area contributed by atoms with Crippen molar-refractivity contribution in [1.82, 2.24) is 9.88 Å². The standard InChI is InChI=1S/C28H23N3O3S/c32-26(30-28-29-23(17-35-28)25-16-20-7-2-4-11-24(20)34-25)19-12-14-31(15-13-19)27(33)22-10-5-8-18-6-1-3-9-21(18)22/h1-11,16-17,19H,12-15H2,(H,29,30,32). The van der Waals surface area contributed by atoms with Gasteiger partial charge in [0, 0.05) is 35.3 Å². The number of piperidine rings is 1. The first-order valence-electron chi connectivity index (χ1n) is 11.7. The van der Waals surface area contributed by atoms with Gasteiger partial charge in [-0.1, -0.05) is 54.6 Å². The minimum atomic E-state index is -0.148. The van der Waals surface area contributed by atoms with Crippen molar-refractivity contribution in [3.05, 3.63) is 83.7 Å². The maximum atomic E-state index is 13.2. The van der Waals surface area contributed by atoms with Crippen molar-refractivity contribution in [2.75, 3.05) is 18.4 Å². The van der Waals surface area contributed by atoms with Gasteiger partial charge in [0.1, 0.15) is 11.3 Å². The third kappa shape index (κ3) is 4.19. The van der Waals surface area contributed by atoms with Gasteiger partial charge in [-0.3, -0.25) is 9.59 Å². The topological polar surface area (TPSA) is 75.4 Å². The van der Waals surface area contributed by atoms with Crippen LogP contribution in [0.5, 0.6) is 0 Å². The molecule has 6 nitrogen and oxygen atoms in total. The zero-order valence-electron chi connectivity index (χ0n) is 18.9. The monoisotopic (exact) mass is 481 g/mol. The molecule has 0 aliphatic carbocycles. The molecule has 1 saturated heterocycles. The van der Waals surface area contributed by atoms with E-state index in [4.69, 9.17) is 4.42 Å². The largest absolute Gasteiger partial charge is 0.454 e. The van der Waals surface area contributed by atoms with Crippen LogP contribution in [0.1, 0.15) is 23.2 Å². The zero-order chi connectivity index (χ0) is 23.8. The van der Waals surface area contributed by atoms with Crippen LogP contribution in [0.15, 0.2) is 82.6 Å². The van der Waals surface area contributed by atoms with Gasteiger partial charge in [-0.15, -0.1) is 11.3 Å². The van der Waals surface area contributed by atoms with Crippen molar-refractivity contribution < 1.29 is 14.0 Å². The maximum absolute atomic E-state index is 13.2. The molecule has 35 heavy (non-hydrogen) atoms. The van der Waals surface area contributed by atoms with Gasteiger partial charge in [0.05, 0.1) is 0 Å². The lowest BCUT2D eigenvalue weighted by atomic mass is 9.95. The third-order valence-corrected chi connectivity index (χ3v) is 7.34. The Morgan fingerprint density at radius 3 is 2.51 bits per heavy atom. The van der Waals surface area contributed by atoms with Crippen LogP contribution in [0, 0.1) is 5.92 Å². The number of carbonyl (C=O) groups excluding carboxylic acids is 2. The lowest BCUT2D eigenvalue weighted by Crippen LogP contribution is -2.41. The van der Waals surface area contributed by atoms with Crippen molar-refractivity contribution in [3.63, 3.8) is 0 Å². The molecule has 1 aliphatic heterocycles. The number of likely N-dealkylation sites (tertiary alicyclic amines) is 1. The molecule has 1 N–H and O–H groups in total. The number of hydrogen-bond acceptors (Lipinski definition) is 5. The highest BCUT2D eigenvalue weighted by Gasteiger charge is 2.29. The average Bonchev–Trinajstić information content (AvgIpc) is 3.55. The van der Waals surface area contributed by atoms with Gasteiger partial charge in [-0.25, -0.2) is 4.98 Å². The number of nitrogens with zero attached hydrogens (tertiary/aromatic N) is 2. The van der Waals surface area contributed by atoms with Crippen LogP contribution in [0.3, 0.4) is 0 Å². The van der Waals surface area contributed by atoms with E-state index in [9.17, 15) is 9.59 Å². The van der Waals surface area contributed by atoms with Gasteiger partial charge >= 0.3 is 0 Å². The van der Waals surface area contributed by atoms with Crippen LogP contribution < -0.4 is 5.32 Å². The highest BCUT2D eigenvalue weighted by Crippen LogP contribution is 2.31. The predicted octanol–water partition coefficient (Wildman–Crippen LogP) is 6.20. The Morgan fingerprint density at radius 1 is 0.943 bits per heavy atom. The summed E-state index contributed by atoms with van der Waals surface area (Å²) < 4.78 is 5.88. The number of aromatic nitrogens is 1. The quantitative estimate of drug-likeness (QED) is 0.332. The minimum absolute atomic E-state index is 0.0241.